The Morgan fingerprint density at radius 1 is 0.920 bits per heavy atom. The van der Waals surface area contributed by atoms with Gasteiger partial charge >= 0.3 is 0 Å². The van der Waals surface area contributed by atoms with E-state index in [9.17, 15) is 4.79 Å². The second-order valence-corrected chi connectivity index (χ2v) is 5.17. The first-order chi connectivity index (χ1) is 12.3. The Labute approximate surface area is 145 Å². The highest BCUT2D eigenvalue weighted by atomic mass is 16.5. The summed E-state index contributed by atoms with van der Waals surface area (Å²) in [5, 5.41) is 5.85. The third-order valence-corrected chi connectivity index (χ3v) is 3.30. The van der Waals surface area contributed by atoms with Crippen LogP contribution >= 0.6 is 0 Å². The van der Waals surface area contributed by atoms with E-state index in [4.69, 9.17) is 4.74 Å². The number of aromatic nitrogens is 2. The minimum absolute atomic E-state index is 0.249. The average molecular weight is 334 g/mol. The second-order valence-electron chi connectivity index (χ2n) is 5.17. The highest BCUT2D eigenvalue weighted by molar-refractivity contribution is 5.92. The molecule has 3 aromatic rings. The van der Waals surface area contributed by atoms with Crippen LogP contribution in [0.1, 0.15) is 10.5 Å². The highest BCUT2D eigenvalue weighted by Gasteiger charge is 2.08. The Hall–Kier alpha value is -3.41. The number of hydrogen-bond donors (Lipinski definition) is 2. The summed E-state index contributed by atoms with van der Waals surface area (Å²) in [4.78, 5) is 20.7. The van der Waals surface area contributed by atoms with Gasteiger partial charge in [0.15, 0.2) is 0 Å². The monoisotopic (exact) mass is 334 g/mol. The lowest BCUT2D eigenvalue weighted by molar-refractivity contribution is 0.0942. The fourth-order valence-electron chi connectivity index (χ4n) is 2.14. The van der Waals surface area contributed by atoms with Gasteiger partial charge in [-0.1, -0.05) is 30.3 Å². The summed E-state index contributed by atoms with van der Waals surface area (Å²) in [6, 6.07) is 20.2. The van der Waals surface area contributed by atoms with Crippen LogP contribution in [0.25, 0.3) is 0 Å². The number of hydrogen-bond acceptors (Lipinski definition) is 5. The Bertz CT molecular complexity index is 810. The lowest BCUT2D eigenvalue weighted by Gasteiger charge is -2.09. The summed E-state index contributed by atoms with van der Waals surface area (Å²) >= 11 is 0. The number of nitrogens with zero attached hydrogens (tertiary/aromatic N) is 2. The van der Waals surface area contributed by atoms with Gasteiger partial charge < -0.3 is 15.4 Å². The maximum atomic E-state index is 12.2. The van der Waals surface area contributed by atoms with Crippen molar-refractivity contribution in [3.05, 3.63) is 78.6 Å². The van der Waals surface area contributed by atoms with Crippen LogP contribution in [0, 0.1) is 0 Å². The van der Waals surface area contributed by atoms with Crippen molar-refractivity contribution in [1.82, 2.24) is 15.3 Å². The molecule has 0 saturated carbocycles. The maximum absolute atomic E-state index is 12.2. The first kappa shape index (κ1) is 16.4. The van der Waals surface area contributed by atoms with Crippen molar-refractivity contribution in [1.29, 1.82) is 0 Å². The fourth-order valence-corrected chi connectivity index (χ4v) is 2.14. The summed E-state index contributed by atoms with van der Waals surface area (Å²) in [5.41, 5.74) is 0.334. The van der Waals surface area contributed by atoms with E-state index in [1.807, 2.05) is 48.5 Å². The quantitative estimate of drug-likeness (QED) is 0.650. The van der Waals surface area contributed by atoms with Gasteiger partial charge in [-0.05, 0) is 36.4 Å². The molecule has 0 bridgehead atoms. The predicted molar refractivity (Wildman–Crippen MR) is 96.0 cm³/mol. The Morgan fingerprint density at radius 3 is 2.52 bits per heavy atom. The van der Waals surface area contributed by atoms with E-state index in [2.05, 4.69) is 20.6 Å². The molecular weight excluding hydrogens is 316 g/mol. The molecule has 0 fully saturated rings. The standard InChI is InChI=1S/C19H18N4O2/c24-19(21-13-14-25-15-7-2-1-3-8-15)16-9-6-11-18(22-16)23-17-10-4-5-12-20-17/h1-12H,13-14H2,(H,21,24)(H,20,22,23). The van der Waals surface area contributed by atoms with Gasteiger partial charge in [0.1, 0.15) is 29.7 Å². The number of carbonyl (C=O) groups is 1. The van der Waals surface area contributed by atoms with E-state index in [0.717, 1.165) is 5.75 Å². The molecule has 0 aliphatic rings. The van der Waals surface area contributed by atoms with E-state index in [1.165, 1.54) is 0 Å². The van der Waals surface area contributed by atoms with E-state index >= 15 is 0 Å². The maximum Gasteiger partial charge on any atom is 0.270 e. The summed E-state index contributed by atoms with van der Waals surface area (Å²) in [6.07, 6.45) is 1.69. The molecule has 0 unspecified atom stereocenters. The second kappa shape index (κ2) is 8.44. The smallest absolute Gasteiger partial charge is 0.270 e. The van der Waals surface area contributed by atoms with Gasteiger partial charge in [-0.3, -0.25) is 4.79 Å². The molecule has 2 heterocycles. The number of anilines is 2. The van der Waals surface area contributed by atoms with Gasteiger partial charge in [-0.25, -0.2) is 9.97 Å². The molecule has 2 N–H and O–H groups in total. The molecule has 0 aliphatic heterocycles. The Kier molecular flexibility index (Phi) is 5.56. The SMILES string of the molecule is O=C(NCCOc1ccccc1)c1cccc(Nc2ccccn2)n1. The van der Waals surface area contributed by atoms with E-state index in [-0.39, 0.29) is 5.91 Å². The van der Waals surface area contributed by atoms with Crippen LogP contribution in [0.4, 0.5) is 11.6 Å². The van der Waals surface area contributed by atoms with Crippen molar-refractivity contribution in [2.24, 2.45) is 0 Å². The lowest BCUT2D eigenvalue weighted by Crippen LogP contribution is -2.28. The molecular formula is C19H18N4O2. The average Bonchev–Trinajstić information content (AvgIpc) is 2.67. The van der Waals surface area contributed by atoms with Crippen LogP contribution in [0.5, 0.6) is 5.75 Å². The number of nitrogens with one attached hydrogen (secondary N) is 2. The van der Waals surface area contributed by atoms with Gasteiger partial charge in [0.25, 0.3) is 5.91 Å². The summed E-state index contributed by atoms with van der Waals surface area (Å²) < 4.78 is 5.54. The zero-order chi connectivity index (χ0) is 17.3. The first-order valence-electron chi connectivity index (χ1n) is 7.92. The molecule has 25 heavy (non-hydrogen) atoms. The van der Waals surface area contributed by atoms with Gasteiger partial charge in [-0.2, -0.15) is 0 Å². The van der Waals surface area contributed by atoms with Crippen molar-refractivity contribution >= 4 is 17.5 Å². The van der Waals surface area contributed by atoms with Crippen LogP contribution in [0.3, 0.4) is 0 Å². The van der Waals surface area contributed by atoms with Crippen molar-refractivity contribution < 1.29 is 9.53 Å². The molecule has 126 valence electrons. The van der Waals surface area contributed by atoms with Gasteiger partial charge in [-0.15, -0.1) is 0 Å². The van der Waals surface area contributed by atoms with E-state index < -0.39 is 0 Å². The molecule has 0 atom stereocenters. The predicted octanol–water partition coefficient (Wildman–Crippen LogP) is 3.03. The number of benzene rings is 1. The molecule has 1 amide bonds. The minimum Gasteiger partial charge on any atom is -0.492 e. The normalized spacial score (nSPS) is 10.1. The number of pyridine rings is 2. The molecule has 6 heteroatoms. The molecule has 1 aromatic carbocycles. The number of rotatable bonds is 7. The molecule has 6 nitrogen and oxygen atoms in total. The van der Waals surface area contributed by atoms with Gasteiger partial charge in [0, 0.05) is 6.20 Å². The Morgan fingerprint density at radius 2 is 1.72 bits per heavy atom. The molecule has 2 aromatic heterocycles. The third kappa shape index (κ3) is 5.04. The topological polar surface area (TPSA) is 76.1 Å². The molecule has 0 spiro atoms. The van der Waals surface area contributed by atoms with Crippen LogP contribution in [0.15, 0.2) is 72.9 Å². The number of ether oxygens (including phenoxy) is 1. The summed E-state index contributed by atoms with van der Waals surface area (Å²) in [7, 11) is 0. The molecule has 3 rings (SSSR count). The van der Waals surface area contributed by atoms with E-state index in [0.29, 0.717) is 30.5 Å². The number of amides is 1. The van der Waals surface area contributed by atoms with Crippen LogP contribution < -0.4 is 15.4 Å². The zero-order valence-electron chi connectivity index (χ0n) is 13.6. The minimum atomic E-state index is -0.249. The van der Waals surface area contributed by atoms with Crippen molar-refractivity contribution in [2.75, 3.05) is 18.5 Å². The van der Waals surface area contributed by atoms with E-state index in [1.54, 1.807) is 24.4 Å². The molecule has 0 saturated heterocycles. The van der Waals surface area contributed by atoms with Crippen molar-refractivity contribution in [3.63, 3.8) is 0 Å². The summed E-state index contributed by atoms with van der Waals surface area (Å²) in [6.45, 7) is 0.787. The van der Waals surface area contributed by atoms with Crippen molar-refractivity contribution in [2.45, 2.75) is 0 Å². The zero-order valence-corrected chi connectivity index (χ0v) is 13.6. The van der Waals surface area contributed by atoms with Crippen LogP contribution in [-0.4, -0.2) is 29.0 Å². The molecule has 0 radical (unpaired) electrons. The van der Waals surface area contributed by atoms with Crippen LogP contribution in [0.2, 0.25) is 0 Å². The summed E-state index contributed by atoms with van der Waals surface area (Å²) in [5.74, 6) is 1.76. The van der Waals surface area contributed by atoms with Gasteiger partial charge in [0.2, 0.25) is 0 Å². The largest absolute Gasteiger partial charge is 0.492 e. The van der Waals surface area contributed by atoms with Crippen LogP contribution in [-0.2, 0) is 0 Å². The fraction of sp³-hybridized carbons (Fsp3) is 0.105. The Balaban J connectivity index is 1.51. The number of carbonyl (C=O) groups excluding carboxylic acids is 1. The lowest BCUT2D eigenvalue weighted by atomic mass is 10.3. The van der Waals surface area contributed by atoms with Gasteiger partial charge in [0.05, 0.1) is 6.54 Å². The first-order valence-corrected chi connectivity index (χ1v) is 7.92. The molecule has 0 aliphatic carbocycles. The highest BCUT2D eigenvalue weighted by Crippen LogP contribution is 2.11. The number of para-hydroxylation sites is 1. The third-order valence-electron chi connectivity index (χ3n) is 3.30. The van der Waals surface area contributed by atoms with Crippen molar-refractivity contribution in [3.8, 4) is 5.75 Å².